The number of methoxy groups -OCH3 is 2. The number of rotatable bonds is 5. The molecule has 0 saturated carbocycles. The fourth-order valence-electron chi connectivity index (χ4n) is 1.42. The highest BCUT2D eigenvalue weighted by atomic mass is 19.4. The standard InChI is InChI=1S/C10H14F3N3O2/c1-14-6(4-10(11,12)13)8-9(18-3)16-7(17-2)5-15-8/h5-6,14H,4H2,1-3H3. The van der Waals surface area contributed by atoms with Gasteiger partial charge in [-0.1, -0.05) is 0 Å². The third kappa shape index (κ3) is 3.73. The van der Waals surface area contributed by atoms with Crippen molar-refractivity contribution in [2.24, 2.45) is 0 Å². The topological polar surface area (TPSA) is 56.3 Å². The summed E-state index contributed by atoms with van der Waals surface area (Å²) >= 11 is 0. The molecule has 8 heteroatoms. The fraction of sp³-hybridized carbons (Fsp3) is 0.600. The lowest BCUT2D eigenvalue weighted by Gasteiger charge is -2.19. The summed E-state index contributed by atoms with van der Waals surface area (Å²) in [6.07, 6.45) is -4.11. The summed E-state index contributed by atoms with van der Waals surface area (Å²) < 4.78 is 47.0. The van der Waals surface area contributed by atoms with E-state index in [4.69, 9.17) is 9.47 Å². The predicted molar refractivity (Wildman–Crippen MR) is 57.6 cm³/mol. The first-order valence-electron chi connectivity index (χ1n) is 5.10. The third-order valence-corrected chi connectivity index (χ3v) is 2.26. The second kappa shape index (κ2) is 5.85. The zero-order chi connectivity index (χ0) is 13.8. The first kappa shape index (κ1) is 14.5. The van der Waals surface area contributed by atoms with Crippen LogP contribution in [0, 0.1) is 0 Å². The third-order valence-electron chi connectivity index (χ3n) is 2.26. The summed E-state index contributed by atoms with van der Waals surface area (Å²) in [5.41, 5.74) is 0.0955. The van der Waals surface area contributed by atoms with Gasteiger partial charge in [0.2, 0.25) is 11.8 Å². The van der Waals surface area contributed by atoms with E-state index in [1.807, 2.05) is 0 Å². The van der Waals surface area contributed by atoms with E-state index in [0.29, 0.717) is 0 Å². The SMILES string of the molecule is CNC(CC(F)(F)F)c1ncc(OC)nc1OC. The minimum Gasteiger partial charge on any atom is -0.480 e. The molecule has 0 aliphatic heterocycles. The van der Waals surface area contributed by atoms with Gasteiger partial charge in [0.05, 0.1) is 32.9 Å². The number of halogens is 3. The van der Waals surface area contributed by atoms with E-state index in [-0.39, 0.29) is 17.5 Å². The van der Waals surface area contributed by atoms with E-state index in [1.165, 1.54) is 27.5 Å². The lowest BCUT2D eigenvalue weighted by Crippen LogP contribution is -2.25. The number of nitrogens with one attached hydrogen (secondary N) is 1. The van der Waals surface area contributed by atoms with Crippen molar-refractivity contribution in [3.63, 3.8) is 0 Å². The Hall–Kier alpha value is -1.57. The molecule has 0 bridgehead atoms. The number of nitrogens with zero attached hydrogens (tertiary/aromatic N) is 2. The zero-order valence-electron chi connectivity index (χ0n) is 10.2. The molecule has 1 N–H and O–H groups in total. The molecule has 0 aliphatic rings. The minimum absolute atomic E-state index is 0.0120. The van der Waals surface area contributed by atoms with Crippen LogP contribution in [0.1, 0.15) is 18.2 Å². The smallest absolute Gasteiger partial charge is 0.390 e. The van der Waals surface area contributed by atoms with Crippen LogP contribution in [0.25, 0.3) is 0 Å². The highest BCUT2D eigenvalue weighted by Gasteiger charge is 2.34. The van der Waals surface area contributed by atoms with Crippen LogP contribution in [0.4, 0.5) is 13.2 Å². The van der Waals surface area contributed by atoms with Crippen LogP contribution >= 0.6 is 0 Å². The fourth-order valence-corrected chi connectivity index (χ4v) is 1.42. The van der Waals surface area contributed by atoms with Crippen molar-refractivity contribution in [2.45, 2.75) is 18.6 Å². The van der Waals surface area contributed by atoms with E-state index in [1.54, 1.807) is 0 Å². The van der Waals surface area contributed by atoms with Gasteiger partial charge in [-0.2, -0.15) is 18.2 Å². The summed E-state index contributed by atoms with van der Waals surface area (Å²) in [5.74, 6) is 0.190. The van der Waals surface area contributed by atoms with Crippen molar-refractivity contribution in [1.29, 1.82) is 0 Å². The summed E-state index contributed by atoms with van der Waals surface area (Å²) in [4.78, 5) is 7.79. The highest BCUT2D eigenvalue weighted by molar-refractivity contribution is 5.25. The molecule has 0 amide bonds. The maximum absolute atomic E-state index is 12.4. The molecule has 0 fully saturated rings. The molecular formula is C10H14F3N3O2. The molecule has 1 atom stereocenters. The molecule has 18 heavy (non-hydrogen) atoms. The first-order chi connectivity index (χ1) is 8.41. The van der Waals surface area contributed by atoms with E-state index in [0.717, 1.165) is 0 Å². The van der Waals surface area contributed by atoms with Crippen molar-refractivity contribution in [2.75, 3.05) is 21.3 Å². The number of alkyl halides is 3. The Morgan fingerprint density at radius 3 is 2.44 bits per heavy atom. The molecule has 1 unspecified atom stereocenters. The van der Waals surface area contributed by atoms with Gasteiger partial charge < -0.3 is 14.8 Å². The van der Waals surface area contributed by atoms with E-state index in [9.17, 15) is 13.2 Å². The summed E-state index contributed by atoms with van der Waals surface area (Å²) in [5, 5.41) is 2.54. The number of hydrogen-bond donors (Lipinski definition) is 1. The second-order valence-corrected chi connectivity index (χ2v) is 3.47. The lowest BCUT2D eigenvalue weighted by atomic mass is 10.1. The van der Waals surface area contributed by atoms with Crippen molar-refractivity contribution in [3.8, 4) is 11.8 Å². The maximum atomic E-state index is 12.4. The Labute approximate surface area is 102 Å². The highest BCUT2D eigenvalue weighted by Crippen LogP contribution is 2.32. The maximum Gasteiger partial charge on any atom is 0.390 e. The average Bonchev–Trinajstić information content (AvgIpc) is 2.34. The Kier molecular flexibility index (Phi) is 4.71. The van der Waals surface area contributed by atoms with Gasteiger partial charge in [0.15, 0.2) is 0 Å². The molecule has 1 aromatic rings. The van der Waals surface area contributed by atoms with Crippen LogP contribution in [0.15, 0.2) is 6.20 Å². The van der Waals surface area contributed by atoms with Gasteiger partial charge in [0.25, 0.3) is 0 Å². The van der Waals surface area contributed by atoms with Gasteiger partial charge in [-0.15, -0.1) is 0 Å². The van der Waals surface area contributed by atoms with Crippen molar-refractivity contribution < 1.29 is 22.6 Å². The molecule has 0 saturated heterocycles. The van der Waals surface area contributed by atoms with E-state index < -0.39 is 18.6 Å². The molecule has 0 aromatic carbocycles. The summed E-state index contributed by atoms with van der Waals surface area (Å²) in [6.45, 7) is 0. The van der Waals surface area contributed by atoms with Crippen LogP contribution in [0.2, 0.25) is 0 Å². The van der Waals surface area contributed by atoms with Gasteiger partial charge in [-0.25, -0.2) is 4.98 Å². The summed E-state index contributed by atoms with van der Waals surface area (Å²) in [7, 11) is 4.11. The average molecular weight is 265 g/mol. The molecule has 1 aromatic heterocycles. The number of aromatic nitrogens is 2. The van der Waals surface area contributed by atoms with Crippen LogP contribution in [0.3, 0.4) is 0 Å². The van der Waals surface area contributed by atoms with Crippen LogP contribution < -0.4 is 14.8 Å². The summed E-state index contributed by atoms with van der Waals surface area (Å²) in [6, 6.07) is -1.02. The van der Waals surface area contributed by atoms with Gasteiger partial charge >= 0.3 is 6.18 Å². The normalized spacial score (nSPS) is 13.2. The largest absolute Gasteiger partial charge is 0.480 e. The Balaban J connectivity index is 3.05. The molecule has 5 nitrogen and oxygen atoms in total. The molecular weight excluding hydrogens is 251 g/mol. The van der Waals surface area contributed by atoms with Crippen LogP contribution in [-0.2, 0) is 0 Å². The number of hydrogen-bond acceptors (Lipinski definition) is 5. The van der Waals surface area contributed by atoms with Gasteiger partial charge in [-0.3, -0.25) is 0 Å². The molecule has 102 valence electrons. The van der Waals surface area contributed by atoms with Crippen molar-refractivity contribution in [3.05, 3.63) is 11.9 Å². The predicted octanol–water partition coefficient (Wildman–Crippen LogP) is 1.71. The van der Waals surface area contributed by atoms with Gasteiger partial charge in [0, 0.05) is 0 Å². The van der Waals surface area contributed by atoms with E-state index >= 15 is 0 Å². The zero-order valence-corrected chi connectivity index (χ0v) is 10.2. The molecule has 0 aliphatic carbocycles. The molecule has 1 heterocycles. The first-order valence-corrected chi connectivity index (χ1v) is 5.10. The van der Waals surface area contributed by atoms with Gasteiger partial charge in [0.1, 0.15) is 5.69 Å². The van der Waals surface area contributed by atoms with Gasteiger partial charge in [-0.05, 0) is 7.05 Å². The number of ether oxygens (including phenoxy) is 2. The Morgan fingerprint density at radius 1 is 1.33 bits per heavy atom. The second-order valence-electron chi connectivity index (χ2n) is 3.47. The van der Waals surface area contributed by atoms with Crippen LogP contribution in [-0.4, -0.2) is 37.4 Å². The van der Waals surface area contributed by atoms with Crippen LogP contribution in [0.5, 0.6) is 11.8 Å². The minimum atomic E-state index is -4.31. The molecule has 1 rings (SSSR count). The molecule has 0 radical (unpaired) electrons. The lowest BCUT2D eigenvalue weighted by molar-refractivity contribution is -0.140. The monoisotopic (exact) mass is 265 g/mol. The quantitative estimate of drug-likeness (QED) is 0.878. The van der Waals surface area contributed by atoms with Crippen molar-refractivity contribution in [1.82, 2.24) is 15.3 Å². The Morgan fingerprint density at radius 2 is 2.00 bits per heavy atom. The Bertz CT molecular complexity index is 398. The van der Waals surface area contributed by atoms with Crippen molar-refractivity contribution >= 4 is 0 Å². The van der Waals surface area contributed by atoms with E-state index in [2.05, 4.69) is 15.3 Å². The molecule has 0 spiro atoms.